The van der Waals surface area contributed by atoms with Crippen molar-refractivity contribution in [1.29, 1.82) is 5.26 Å². The van der Waals surface area contributed by atoms with E-state index in [0.717, 1.165) is 17.2 Å². The van der Waals surface area contributed by atoms with Crippen molar-refractivity contribution in [2.24, 2.45) is 5.92 Å². The molecule has 102 valence electrons. The zero-order valence-corrected chi connectivity index (χ0v) is 12.5. The van der Waals surface area contributed by atoms with Crippen LogP contribution in [-0.2, 0) is 0 Å². The average Bonchev–Trinajstić information content (AvgIpc) is 3.16. The Morgan fingerprint density at radius 3 is 2.75 bits per heavy atom. The minimum Gasteiger partial charge on any atom is -0.241 e. The molecular formula is C17H18N2S. The third-order valence-electron chi connectivity index (χ3n) is 4.30. The van der Waals surface area contributed by atoms with Gasteiger partial charge in [-0.3, -0.25) is 0 Å². The molecule has 1 saturated carbocycles. The largest absolute Gasteiger partial charge is 0.241 e. The number of rotatable bonds is 3. The van der Waals surface area contributed by atoms with Gasteiger partial charge in [0.05, 0.1) is 22.3 Å². The molecule has 1 aromatic heterocycles. The van der Waals surface area contributed by atoms with Crippen molar-refractivity contribution in [2.75, 3.05) is 0 Å². The quantitative estimate of drug-likeness (QED) is 0.796. The van der Waals surface area contributed by atoms with Crippen LogP contribution in [-0.4, -0.2) is 4.98 Å². The van der Waals surface area contributed by atoms with Gasteiger partial charge in [0.15, 0.2) is 0 Å². The van der Waals surface area contributed by atoms with Gasteiger partial charge in [-0.1, -0.05) is 25.5 Å². The predicted octanol–water partition coefficient (Wildman–Crippen LogP) is 4.98. The first-order chi connectivity index (χ1) is 9.80. The van der Waals surface area contributed by atoms with Crippen molar-refractivity contribution in [3.63, 3.8) is 0 Å². The van der Waals surface area contributed by atoms with Gasteiger partial charge in [0.2, 0.25) is 0 Å². The average molecular weight is 282 g/mol. The third kappa shape index (κ3) is 2.62. The van der Waals surface area contributed by atoms with Crippen molar-refractivity contribution < 1.29 is 0 Å². The minimum absolute atomic E-state index is 0.664. The highest BCUT2D eigenvalue weighted by Crippen LogP contribution is 2.41. The number of aromatic nitrogens is 1. The Kier molecular flexibility index (Phi) is 3.84. The lowest BCUT2D eigenvalue weighted by atomic mass is 10.0. The highest BCUT2D eigenvalue weighted by Gasteiger charge is 2.26. The molecule has 1 fully saturated rings. The topological polar surface area (TPSA) is 36.7 Å². The van der Waals surface area contributed by atoms with Gasteiger partial charge in [-0.15, -0.1) is 11.3 Å². The number of thiazole rings is 1. The summed E-state index contributed by atoms with van der Waals surface area (Å²) in [5.41, 5.74) is 2.86. The second-order valence-corrected chi connectivity index (χ2v) is 6.43. The van der Waals surface area contributed by atoms with Gasteiger partial charge >= 0.3 is 0 Å². The van der Waals surface area contributed by atoms with Gasteiger partial charge in [0.1, 0.15) is 0 Å². The van der Waals surface area contributed by atoms with E-state index >= 15 is 0 Å². The van der Waals surface area contributed by atoms with Crippen molar-refractivity contribution in [3.8, 4) is 17.3 Å². The molecule has 0 bridgehead atoms. The molecule has 3 heteroatoms. The zero-order chi connectivity index (χ0) is 13.9. The second-order valence-electron chi connectivity index (χ2n) is 5.54. The Morgan fingerprint density at radius 2 is 2.10 bits per heavy atom. The zero-order valence-electron chi connectivity index (χ0n) is 11.7. The lowest BCUT2D eigenvalue weighted by Crippen LogP contribution is -1.94. The summed E-state index contributed by atoms with van der Waals surface area (Å²) >= 11 is 1.79. The first-order valence-electron chi connectivity index (χ1n) is 7.26. The summed E-state index contributed by atoms with van der Waals surface area (Å²) in [4.78, 5) is 4.82. The highest BCUT2D eigenvalue weighted by molar-refractivity contribution is 7.10. The van der Waals surface area contributed by atoms with Gasteiger partial charge in [-0.2, -0.15) is 5.26 Å². The Hall–Kier alpha value is -1.66. The van der Waals surface area contributed by atoms with E-state index in [1.165, 1.54) is 30.7 Å². The lowest BCUT2D eigenvalue weighted by molar-refractivity contribution is 0.521. The monoisotopic (exact) mass is 282 g/mol. The molecule has 1 aliphatic rings. The van der Waals surface area contributed by atoms with E-state index in [0.29, 0.717) is 11.5 Å². The summed E-state index contributed by atoms with van der Waals surface area (Å²) in [6.07, 6.45) is 5.24. The molecule has 0 radical (unpaired) electrons. The molecule has 0 N–H and O–H groups in total. The molecule has 0 amide bonds. The summed E-state index contributed by atoms with van der Waals surface area (Å²) in [7, 11) is 0. The van der Waals surface area contributed by atoms with Crippen molar-refractivity contribution in [1.82, 2.24) is 4.98 Å². The van der Waals surface area contributed by atoms with Crippen LogP contribution in [0.3, 0.4) is 0 Å². The van der Waals surface area contributed by atoms with Gasteiger partial charge in [0, 0.05) is 16.9 Å². The molecule has 20 heavy (non-hydrogen) atoms. The molecule has 2 aromatic rings. The first kappa shape index (κ1) is 13.3. The van der Waals surface area contributed by atoms with Gasteiger partial charge in [-0.05, 0) is 37.3 Å². The van der Waals surface area contributed by atoms with Crippen LogP contribution in [0.5, 0.6) is 0 Å². The standard InChI is InChI=1S/C17H18N2S/c1-2-12-3-8-15(9-12)17-19-16(11-20-17)14-6-4-13(10-18)5-7-14/h4-7,11-12,15H,2-3,8-9H2,1H3. The van der Waals surface area contributed by atoms with Crippen LogP contribution in [0.15, 0.2) is 29.6 Å². The predicted molar refractivity (Wildman–Crippen MR) is 82.6 cm³/mol. The molecular weight excluding hydrogens is 264 g/mol. The van der Waals surface area contributed by atoms with Crippen molar-refractivity contribution in [2.45, 2.75) is 38.5 Å². The van der Waals surface area contributed by atoms with Crippen LogP contribution in [0, 0.1) is 17.2 Å². The van der Waals surface area contributed by atoms with E-state index in [2.05, 4.69) is 18.4 Å². The molecule has 2 atom stereocenters. The molecule has 1 aliphatic carbocycles. The molecule has 1 aromatic carbocycles. The van der Waals surface area contributed by atoms with Crippen LogP contribution < -0.4 is 0 Å². The lowest BCUT2D eigenvalue weighted by Gasteiger charge is -2.06. The van der Waals surface area contributed by atoms with E-state index in [1.807, 2.05) is 24.3 Å². The number of hydrogen-bond acceptors (Lipinski definition) is 3. The first-order valence-corrected chi connectivity index (χ1v) is 8.14. The maximum absolute atomic E-state index is 8.83. The van der Waals surface area contributed by atoms with Gasteiger partial charge < -0.3 is 0 Å². The van der Waals surface area contributed by atoms with Crippen LogP contribution in [0.2, 0.25) is 0 Å². The second kappa shape index (κ2) is 5.76. The van der Waals surface area contributed by atoms with Gasteiger partial charge in [-0.25, -0.2) is 4.98 Å². The van der Waals surface area contributed by atoms with Crippen LogP contribution in [0.4, 0.5) is 0 Å². The molecule has 2 unspecified atom stereocenters. The fraction of sp³-hybridized carbons (Fsp3) is 0.412. The van der Waals surface area contributed by atoms with E-state index in [4.69, 9.17) is 10.2 Å². The Labute approximate surface area is 124 Å². The highest BCUT2D eigenvalue weighted by atomic mass is 32.1. The van der Waals surface area contributed by atoms with Crippen molar-refractivity contribution >= 4 is 11.3 Å². The van der Waals surface area contributed by atoms with E-state index in [1.54, 1.807) is 11.3 Å². The molecule has 2 nitrogen and oxygen atoms in total. The number of nitriles is 1. The van der Waals surface area contributed by atoms with Crippen LogP contribution in [0.1, 0.15) is 49.1 Å². The van der Waals surface area contributed by atoms with E-state index < -0.39 is 0 Å². The summed E-state index contributed by atoms with van der Waals surface area (Å²) in [5.74, 6) is 1.55. The van der Waals surface area contributed by atoms with Crippen LogP contribution in [0.25, 0.3) is 11.3 Å². The number of benzene rings is 1. The smallest absolute Gasteiger partial charge is 0.0991 e. The maximum Gasteiger partial charge on any atom is 0.0991 e. The fourth-order valence-corrected chi connectivity index (χ4v) is 3.97. The normalized spacial score (nSPS) is 21.8. The van der Waals surface area contributed by atoms with Crippen LogP contribution >= 0.6 is 11.3 Å². The molecule has 0 saturated heterocycles. The minimum atomic E-state index is 0.664. The summed E-state index contributed by atoms with van der Waals surface area (Å²) < 4.78 is 0. The Balaban J connectivity index is 1.78. The summed E-state index contributed by atoms with van der Waals surface area (Å²) in [5, 5.41) is 12.3. The SMILES string of the molecule is CCC1CCC(c2nc(-c3ccc(C#N)cc3)cs2)C1. The molecule has 0 aliphatic heterocycles. The number of hydrogen-bond donors (Lipinski definition) is 0. The molecule has 0 spiro atoms. The molecule has 3 rings (SSSR count). The summed E-state index contributed by atoms with van der Waals surface area (Å²) in [6, 6.07) is 9.84. The molecule has 1 heterocycles. The third-order valence-corrected chi connectivity index (χ3v) is 5.31. The van der Waals surface area contributed by atoms with Crippen molar-refractivity contribution in [3.05, 3.63) is 40.2 Å². The Bertz CT molecular complexity index is 621. The summed E-state index contributed by atoms with van der Waals surface area (Å²) in [6.45, 7) is 2.29. The van der Waals surface area contributed by atoms with Gasteiger partial charge in [0.25, 0.3) is 0 Å². The fourth-order valence-electron chi connectivity index (χ4n) is 2.99. The van der Waals surface area contributed by atoms with E-state index in [-0.39, 0.29) is 0 Å². The van der Waals surface area contributed by atoms with E-state index in [9.17, 15) is 0 Å². The Morgan fingerprint density at radius 1 is 1.30 bits per heavy atom. The maximum atomic E-state index is 8.83. The number of nitrogens with zero attached hydrogens (tertiary/aromatic N) is 2.